The van der Waals surface area contributed by atoms with Gasteiger partial charge in [-0.05, 0) is 82.7 Å². The second-order valence-electron chi connectivity index (χ2n) is 18.6. The number of amides is 4. The van der Waals surface area contributed by atoms with Gasteiger partial charge in [0.25, 0.3) is 0 Å². The van der Waals surface area contributed by atoms with Gasteiger partial charge < -0.3 is 35.0 Å². The molecule has 3 atom stereocenters. The fourth-order valence-electron chi connectivity index (χ4n) is 8.38. The van der Waals surface area contributed by atoms with E-state index in [0.717, 1.165) is 39.2 Å². The highest BCUT2D eigenvalue weighted by Crippen LogP contribution is 2.35. The maximum absolute atomic E-state index is 14.0. The highest BCUT2D eigenvalue weighted by atomic mass is 32.1. The number of likely N-dealkylation sites (N-methyl/N-ethyl adjacent to an activating group) is 1. The van der Waals surface area contributed by atoms with Crippen molar-refractivity contribution in [3.63, 3.8) is 0 Å². The number of aliphatic hydroxyl groups excluding tert-OH is 1. The summed E-state index contributed by atoms with van der Waals surface area (Å²) in [5, 5.41) is 16.4. The largest absolute Gasteiger partial charge is 0.492 e. The zero-order chi connectivity index (χ0) is 50.0. The van der Waals surface area contributed by atoms with Crippen LogP contribution in [0.5, 0.6) is 5.75 Å². The molecular formula is C57H67N5O7S. The minimum atomic E-state index is -0.897. The Balaban J connectivity index is 0.871. The van der Waals surface area contributed by atoms with E-state index in [4.69, 9.17) is 9.47 Å². The predicted octanol–water partition coefficient (Wildman–Crippen LogP) is 9.70. The maximum atomic E-state index is 14.0. The summed E-state index contributed by atoms with van der Waals surface area (Å²) in [7, 11) is 1.67. The van der Waals surface area contributed by atoms with E-state index in [1.807, 2.05) is 81.7 Å². The Bertz CT molecular complexity index is 2600. The number of unbranched alkanes of at least 4 members (excludes halogenated alkanes) is 2. The van der Waals surface area contributed by atoms with E-state index < -0.39 is 35.6 Å². The quantitative estimate of drug-likeness (QED) is 0.0397. The van der Waals surface area contributed by atoms with E-state index in [0.29, 0.717) is 44.6 Å². The Kier molecular flexibility index (Phi) is 19.3. The minimum absolute atomic E-state index is 0.00713. The van der Waals surface area contributed by atoms with Crippen LogP contribution in [-0.4, -0.2) is 95.2 Å². The molecule has 3 N–H and O–H groups in total. The van der Waals surface area contributed by atoms with Crippen LogP contribution in [0.15, 0.2) is 115 Å². The molecule has 0 bridgehead atoms. The van der Waals surface area contributed by atoms with Crippen molar-refractivity contribution in [3.8, 4) is 28.0 Å². The summed E-state index contributed by atoms with van der Waals surface area (Å²) in [6, 6.07) is 35.1. The summed E-state index contributed by atoms with van der Waals surface area (Å²) in [4.78, 5) is 61.5. The number of β-amino-alcohol motifs (C(OH)–C–C–N with tert-alkyl or cyclic N) is 1. The van der Waals surface area contributed by atoms with Crippen molar-refractivity contribution < 1.29 is 33.8 Å². The molecule has 6 rings (SSSR count). The number of aromatic nitrogens is 1. The molecule has 4 aromatic carbocycles. The van der Waals surface area contributed by atoms with Gasteiger partial charge in [0.1, 0.15) is 31.0 Å². The highest BCUT2D eigenvalue weighted by Gasteiger charge is 2.44. The number of likely N-dealkylation sites (tertiary alicyclic amines) is 1. The van der Waals surface area contributed by atoms with Gasteiger partial charge in [0.05, 0.1) is 28.7 Å². The number of carbonyl (C=O) groups excluding carboxylic acids is 4. The molecule has 0 saturated carbocycles. The summed E-state index contributed by atoms with van der Waals surface area (Å²) in [5.41, 5.74) is 9.99. The van der Waals surface area contributed by atoms with Crippen molar-refractivity contribution in [2.75, 3.05) is 33.4 Å². The lowest BCUT2D eigenvalue weighted by atomic mass is 9.85. The standard InChI is InChI=1S/C57H67N5O7S/c1-7-48(42-20-14-12-15-21-42)51(43-22-16-13-17-23-43)44-29-31-47(32-30-44)68-35-33-61(6)56(67)69-34-19-11-9-8-10-18-24-50(64)60-53(57(3,4)5)55(66)62-38-46(63)36-49(62)54(65)58-37-41-25-27-45(28-26-41)52-40(2)59-39-70-52/h12-17,20-23,25-32,39,46,49,53,63H,7-8,10,18-19,24,33-38H2,1-6H3,(H,58,65)(H,60,64)/b51-48-/t46-,49+,53-/m1/s1. The van der Waals surface area contributed by atoms with Crippen LogP contribution in [0.25, 0.3) is 21.6 Å². The zero-order valence-electron chi connectivity index (χ0n) is 41.3. The fourth-order valence-corrected chi connectivity index (χ4v) is 9.19. The van der Waals surface area contributed by atoms with Gasteiger partial charge in [-0.2, -0.15) is 0 Å². The topological polar surface area (TPSA) is 150 Å². The molecule has 1 saturated heterocycles. The predicted molar refractivity (Wildman–Crippen MR) is 278 cm³/mol. The molecule has 70 heavy (non-hydrogen) atoms. The molecule has 1 fully saturated rings. The van der Waals surface area contributed by atoms with Crippen LogP contribution >= 0.6 is 11.3 Å². The van der Waals surface area contributed by atoms with Crippen LogP contribution in [0.4, 0.5) is 4.79 Å². The molecule has 13 heteroatoms. The monoisotopic (exact) mass is 965 g/mol. The molecule has 1 aliphatic rings. The van der Waals surface area contributed by atoms with Crippen LogP contribution in [0, 0.1) is 24.2 Å². The maximum Gasteiger partial charge on any atom is 0.409 e. The van der Waals surface area contributed by atoms with Gasteiger partial charge in [-0.15, -0.1) is 17.3 Å². The van der Waals surface area contributed by atoms with Gasteiger partial charge in [-0.25, -0.2) is 9.78 Å². The first kappa shape index (κ1) is 52.6. The first-order chi connectivity index (χ1) is 33.7. The van der Waals surface area contributed by atoms with Gasteiger partial charge in [-0.3, -0.25) is 14.4 Å². The van der Waals surface area contributed by atoms with Gasteiger partial charge >= 0.3 is 6.09 Å². The molecule has 5 aromatic rings. The summed E-state index contributed by atoms with van der Waals surface area (Å²) in [6.45, 7) is 10.8. The van der Waals surface area contributed by atoms with E-state index in [1.165, 1.54) is 26.5 Å². The summed E-state index contributed by atoms with van der Waals surface area (Å²) in [5.74, 6) is 5.82. The molecule has 0 radical (unpaired) electrons. The molecule has 0 aliphatic carbocycles. The highest BCUT2D eigenvalue weighted by molar-refractivity contribution is 7.13. The normalized spacial score (nSPS) is 15.2. The third kappa shape index (κ3) is 14.9. The van der Waals surface area contributed by atoms with Crippen molar-refractivity contribution in [1.82, 2.24) is 25.4 Å². The first-order valence-corrected chi connectivity index (χ1v) is 25.1. The molecule has 368 valence electrons. The third-order valence-electron chi connectivity index (χ3n) is 12.2. The Morgan fingerprint density at radius 3 is 2.17 bits per heavy atom. The van der Waals surface area contributed by atoms with Crippen molar-refractivity contribution in [2.24, 2.45) is 5.41 Å². The number of ether oxygens (including phenoxy) is 2. The lowest BCUT2D eigenvalue weighted by Crippen LogP contribution is -2.57. The summed E-state index contributed by atoms with van der Waals surface area (Å²) >= 11 is 1.58. The average molecular weight is 966 g/mol. The minimum Gasteiger partial charge on any atom is -0.492 e. The van der Waals surface area contributed by atoms with Crippen LogP contribution in [0.1, 0.15) is 101 Å². The van der Waals surface area contributed by atoms with E-state index >= 15 is 0 Å². The number of rotatable bonds is 20. The Morgan fingerprint density at radius 1 is 0.871 bits per heavy atom. The van der Waals surface area contributed by atoms with Crippen LogP contribution < -0.4 is 15.4 Å². The second-order valence-corrected chi connectivity index (χ2v) is 19.5. The molecule has 1 aromatic heterocycles. The molecule has 1 aliphatic heterocycles. The summed E-state index contributed by atoms with van der Waals surface area (Å²) in [6.07, 6.45) is 2.07. The molecule has 2 heterocycles. The third-order valence-corrected chi connectivity index (χ3v) is 13.2. The van der Waals surface area contributed by atoms with Crippen molar-refractivity contribution in [3.05, 3.63) is 143 Å². The molecule has 0 unspecified atom stereocenters. The van der Waals surface area contributed by atoms with Crippen LogP contribution in [0.3, 0.4) is 0 Å². The number of carbonyl (C=O) groups is 4. The first-order valence-electron chi connectivity index (χ1n) is 24.2. The Labute approximate surface area is 417 Å². The number of benzene rings is 4. The molecular weight excluding hydrogens is 899 g/mol. The number of nitrogens with one attached hydrogen (secondary N) is 2. The summed E-state index contributed by atoms with van der Waals surface area (Å²) < 4.78 is 11.4. The number of aryl methyl sites for hydroxylation is 1. The van der Waals surface area contributed by atoms with Crippen LogP contribution in [0.2, 0.25) is 0 Å². The van der Waals surface area contributed by atoms with Crippen LogP contribution in [-0.2, 0) is 25.7 Å². The number of aliphatic hydroxyl groups is 1. The lowest BCUT2D eigenvalue weighted by Gasteiger charge is -2.35. The SMILES string of the molecule is CC/C(=C(\c1ccccc1)c1ccc(OCCN(C)C(=O)OCCC#CCCCCC(=O)N[C@H](C(=O)N2C[C@H](O)C[C@H]2C(=O)NCc2ccc(-c3scnc3C)cc2)C(C)(C)C)cc1)c1ccccc1. The molecule has 0 spiro atoms. The Morgan fingerprint density at radius 2 is 1.53 bits per heavy atom. The van der Waals surface area contributed by atoms with Gasteiger partial charge in [-0.1, -0.05) is 131 Å². The van der Waals surface area contributed by atoms with Crippen molar-refractivity contribution in [2.45, 2.75) is 104 Å². The smallest absolute Gasteiger partial charge is 0.409 e. The van der Waals surface area contributed by atoms with Gasteiger partial charge in [0, 0.05) is 45.8 Å². The fraction of sp³-hybridized carbons (Fsp3) is 0.386. The van der Waals surface area contributed by atoms with Crippen molar-refractivity contribution >= 4 is 46.3 Å². The van der Waals surface area contributed by atoms with Gasteiger partial charge in [0.15, 0.2) is 0 Å². The second kappa shape index (κ2) is 25.7. The number of thiazole rings is 1. The number of hydrogen-bond donors (Lipinski definition) is 3. The Hall–Kier alpha value is -6.75. The molecule has 12 nitrogen and oxygen atoms in total. The van der Waals surface area contributed by atoms with E-state index in [9.17, 15) is 24.3 Å². The van der Waals surface area contributed by atoms with E-state index in [-0.39, 0.29) is 44.4 Å². The van der Waals surface area contributed by atoms with Crippen molar-refractivity contribution in [1.29, 1.82) is 0 Å². The van der Waals surface area contributed by atoms with E-state index in [2.05, 4.69) is 95.0 Å². The van der Waals surface area contributed by atoms with Gasteiger partial charge in [0.2, 0.25) is 17.7 Å². The zero-order valence-corrected chi connectivity index (χ0v) is 42.2. The molecule has 4 amide bonds. The number of nitrogens with zero attached hydrogens (tertiary/aromatic N) is 3. The number of allylic oxidation sites excluding steroid dienone is 1. The average Bonchev–Trinajstić information content (AvgIpc) is 3.98. The lowest BCUT2D eigenvalue weighted by molar-refractivity contribution is -0.144. The van der Waals surface area contributed by atoms with E-state index in [1.54, 1.807) is 18.4 Å². The number of hydrogen-bond acceptors (Lipinski definition) is 9.